The molecule has 4 N–H and O–H groups in total. The Morgan fingerprint density at radius 3 is 2.75 bits per heavy atom. The molecule has 1 aromatic carbocycles. The van der Waals surface area contributed by atoms with Crippen molar-refractivity contribution in [2.45, 2.75) is 0 Å². The third kappa shape index (κ3) is 3.36. The van der Waals surface area contributed by atoms with Gasteiger partial charge in [0.25, 0.3) is 5.56 Å². The van der Waals surface area contributed by atoms with Gasteiger partial charge >= 0.3 is 0 Å². The van der Waals surface area contributed by atoms with Crippen LogP contribution in [0.25, 0.3) is 0 Å². The lowest BCUT2D eigenvalue weighted by Gasteiger charge is -2.27. The molecule has 1 aromatic heterocycles. The van der Waals surface area contributed by atoms with Gasteiger partial charge in [0, 0.05) is 13.1 Å². The number of aromatic amines is 1. The van der Waals surface area contributed by atoms with E-state index in [1.54, 1.807) is 12.1 Å². The highest BCUT2D eigenvalue weighted by Gasteiger charge is 2.19. The maximum absolute atomic E-state index is 13.7. The van der Waals surface area contributed by atoms with Gasteiger partial charge in [0.15, 0.2) is 0 Å². The summed E-state index contributed by atoms with van der Waals surface area (Å²) in [7, 11) is 0. The molecule has 7 nitrogen and oxygen atoms in total. The molecule has 24 heavy (non-hydrogen) atoms. The lowest BCUT2D eigenvalue weighted by Crippen LogP contribution is -2.39. The van der Waals surface area contributed by atoms with E-state index in [1.165, 1.54) is 12.1 Å². The molecular weight excluding hydrogens is 333 g/mol. The van der Waals surface area contributed by atoms with Crippen molar-refractivity contribution in [1.82, 2.24) is 9.97 Å². The first-order chi connectivity index (χ1) is 11.6. The van der Waals surface area contributed by atoms with Crippen LogP contribution in [0.4, 0.5) is 21.8 Å². The quantitative estimate of drug-likeness (QED) is 0.715. The second-order valence-electron chi connectivity index (χ2n) is 5.18. The number of nitrogen functional groups attached to an aromatic ring is 1. The average molecular weight is 349 g/mol. The minimum Gasteiger partial charge on any atom is -0.383 e. The summed E-state index contributed by atoms with van der Waals surface area (Å²) in [5.74, 6) is -0.111. The van der Waals surface area contributed by atoms with Crippen molar-refractivity contribution < 1.29 is 9.13 Å². The van der Waals surface area contributed by atoms with Gasteiger partial charge in [-0.05, 0) is 12.1 Å². The number of para-hydroxylation sites is 1. The zero-order valence-corrected chi connectivity index (χ0v) is 13.5. The average Bonchev–Trinajstić information content (AvgIpc) is 2.57. The van der Waals surface area contributed by atoms with Crippen LogP contribution in [0.3, 0.4) is 0 Å². The van der Waals surface area contributed by atoms with Crippen molar-refractivity contribution in [3.63, 3.8) is 0 Å². The van der Waals surface area contributed by atoms with Crippen LogP contribution >= 0.6 is 12.2 Å². The van der Waals surface area contributed by atoms with E-state index in [9.17, 15) is 9.18 Å². The van der Waals surface area contributed by atoms with Gasteiger partial charge in [-0.25, -0.2) is 4.39 Å². The number of benzene rings is 1. The third-order valence-corrected chi connectivity index (χ3v) is 3.90. The molecule has 1 aliphatic heterocycles. The van der Waals surface area contributed by atoms with Gasteiger partial charge in [-0.2, -0.15) is 4.98 Å². The molecule has 0 aliphatic carbocycles. The van der Waals surface area contributed by atoms with Gasteiger partial charge in [0.05, 0.1) is 18.9 Å². The van der Waals surface area contributed by atoms with Crippen molar-refractivity contribution >= 4 is 34.7 Å². The van der Waals surface area contributed by atoms with Gasteiger partial charge < -0.3 is 20.7 Å². The predicted octanol–water partition coefficient (Wildman–Crippen LogP) is 1.12. The molecule has 1 aliphatic rings. The number of morpholine rings is 1. The summed E-state index contributed by atoms with van der Waals surface area (Å²) in [4.78, 5) is 21.1. The number of H-pyrrole nitrogens is 1. The van der Waals surface area contributed by atoms with Crippen LogP contribution in [-0.2, 0) is 4.74 Å². The first-order valence-corrected chi connectivity index (χ1v) is 7.75. The van der Waals surface area contributed by atoms with Crippen LogP contribution in [0.15, 0.2) is 29.1 Å². The Bertz CT molecular complexity index is 820. The van der Waals surface area contributed by atoms with Crippen LogP contribution in [0, 0.1) is 5.82 Å². The molecule has 126 valence electrons. The maximum Gasteiger partial charge on any atom is 0.264 e. The van der Waals surface area contributed by atoms with E-state index in [2.05, 4.69) is 15.3 Å². The number of nitrogens with one attached hydrogen (secondary N) is 2. The second-order valence-corrected chi connectivity index (χ2v) is 5.59. The normalized spacial score (nSPS) is 14.5. The fraction of sp³-hybridized carbons (Fsp3) is 0.267. The number of thiocarbonyl (C=S) groups is 1. The Labute approximate surface area is 142 Å². The highest BCUT2D eigenvalue weighted by atomic mass is 32.1. The zero-order valence-electron chi connectivity index (χ0n) is 12.7. The van der Waals surface area contributed by atoms with Crippen molar-refractivity contribution in [1.29, 1.82) is 0 Å². The van der Waals surface area contributed by atoms with E-state index in [0.29, 0.717) is 32.3 Å². The predicted molar refractivity (Wildman–Crippen MR) is 94.0 cm³/mol. The van der Waals surface area contributed by atoms with E-state index >= 15 is 0 Å². The molecule has 0 atom stereocenters. The fourth-order valence-electron chi connectivity index (χ4n) is 2.37. The topological polar surface area (TPSA) is 96.3 Å². The highest BCUT2D eigenvalue weighted by molar-refractivity contribution is 7.81. The Hall–Kier alpha value is -2.52. The number of halogens is 1. The molecule has 0 amide bonds. The minimum absolute atomic E-state index is 0.00548. The molecule has 0 spiro atoms. The van der Waals surface area contributed by atoms with Crippen molar-refractivity contribution in [3.05, 3.63) is 46.0 Å². The van der Waals surface area contributed by atoms with E-state index in [1.807, 2.05) is 4.90 Å². The van der Waals surface area contributed by atoms with E-state index < -0.39 is 11.4 Å². The molecule has 3 rings (SSSR count). The van der Waals surface area contributed by atoms with Crippen molar-refractivity contribution in [3.8, 4) is 0 Å². The number of hydrogen-bond donors (Lipinski definition) is 3. The molecule has 1 fully saturated rings. The number of aromatic nitrogens is 2. The van der Waals surface area contributed by atoms with Crippen LogP contribution in [0.5, 0.6) is 0 Å². The van der Waals surface area contributed by atoms with Gasteiger partial charge in [0.1, 0.15) is 22.2 Å². The van der Waals surface area contributed by atoms with Crippen molar-refractivity contribution in [2.24, 2.45) is 0 Å². The monoisotopic (exact) mass is 349 g/mol. The van der Waals surface area contributed by atoms with Crippen LogP contribution in [0.2, 0.25) is 0 Å². The van der Waals surface area contributed by atoms with Gasteiger partial charge in [-0.15, -0.1) is 0 Å². The molecule has 1 saturated heterocycles. The molecule has 0 saturated carbocycles. The summed E-state index contributed by atoms with van der Waals surface area (Å²) >= 11 is 5.19. The summed E-state index contributed by atoms with van der Waals surface area (Å²) in [5.41, 5.74) is 5.62. The first-order valence-electron chi connectivity index (χ1n) is 7.34. The smallest absolute Gasteiger partial charge is 0.264 e. The molecular formula is C15H16FN5O2S. The van der Waals surface area contributed by atoms with E-state index in [0.717, 1.165) is 0 Å². The second kappa shape index (κ2) is 6.93. The van der Waals surface area contributed by atoms with Crippen LogP contribution in [0.1, 0.15) is 5.56 Å². The van der Waals surface area contributed by atoms with Crippen molar-refractivity contribution in [2.75, 3.05) is 42.3 Å². The van der Waals surface area contributed by atoms with Gasteiger partial charge in [0.2, 0.25) is 5.95 Å². The zero-order chi connectivity index (χ0) is 17.1. The summed E-state index contributed by atoms with van der Waals surface area (Å²) in [6.07, 6.45) is 0. The summed E-state index contributed by atoms with van der Waals surface area (Å²) in [6.45, 7) is 2.33. The number of hydrogen-bond acceptors (Lipinski definition) is 6. The lowest BCUT2D eigenvalue weighted by molar-refractivity contribution is 0.122. The summed E-state index contributed by atoms with van der Waals surface area (Å²) in [5, 5.41) is 2.69. The standard InChI is InChI=1S/C15H16FN5O2S/c16-9-3-1-2-4-10(9)18-14(24)11-12(17)19-15(20-13(11)22)21-5-7-23-8-6-21/h1-4H,5-8H2,(H,18,24)(H3,17,19,20,22). The van der Waals surface area contributed by atoms with Gasteiger partial charge in [-0.3, -0.25) is 9.78 Å². The largest absolute Gasteiger partial charge is 0.383 e. The summed E-state index contributed by atoms with van der Waals surface area (Å²) in [6, 6.07) is 6.02. The molecule has 9 heteroatoms. The molecule has 2 aromatic rings. The highest BCUT2D eigenvalue weighted by Crippen LogP contribution is 2.16. The SMILES string of the molecule is Nc1nc(N2CCOCC2)[nH]c(=O)c1C(=S)Nc1ccccc1F. The van der Waals surface area contributed by atoms with Crippen LogP contribution in [-0.4, -0.2) is 41.3 Å². The van der Waals surface area contributed by atoms with E-state index in [4.69, 9.17) is 22.7 Å². The first kappa shape index (κ1) is 16.3. The number of rotatable bonds is 3. The third-order valence-electron chi connectivity index (χ3n) is 3.59. The Balaban J connectivity index is 1.87. The fourth-order valence-corrected chi connectivity index (χ4v) is 2.68. The molecule has 2 heterocycles. The molecule has 0 unspecified atom stereocenters. The maximum atomic E-state index is 13.7. The van der Waals surface area contributed by atoms with Crippen LogP contribution < -0.4 is 21.5 Å². The number of anilines is 3. The van der Waals surface area contributed by atoms with Gasteiger partial charge in [-0.1, -0.05) is 24.4 Å². The number of nitrogens with zero attached hydrogens (tertiary/aromatic N) is 2. The molecule has 0 radical (unpaired) electrons. The lowest BCUT2D eigenvalue weighted by atomic mass is 10.2. The minimum atomic E-state index is -0.479. The number of nitrogens with two attached hydrogens (primary N) is 1. The Morgan fingerprint density at radius 2 is 2.08 bits per heavy atom. The summed E-state index contributed by atoms with van der Waals surface area (Å²) < 4.78 is 19.0. The van der Waals surface area contributed by atoms with E-state index in [-0.39, 0.29) is 22.1 Å². The molecule has 0 bridgehead atoms. The Kier molecular flexibility index (Phi) is 4.72. The Morgan fingerprint density at radius 1 is 1.38 bits per heavy atom. The number of ether oxygens (including phenoxy) is 1.